The van der Waals surface area contributed by atoms with Gasteiger partial charge in [-0.05, 0) is 25.0 Å². The lowest BCUT2D eigenvalue weighted by Crippen LogP contribution is -2.46. The molecule has 100 valence electrons. The van der Waals surface area contributed by atoms with Crippen LogP contribution in [0.15, 0.2) is 42.5 Å². The molecule has 0 saturated carbocycles. The highest BCUT2D eigenvalue weighted by Gasteiger charge is 2.21. The topological polar surface area (TPSA) is 69.6 Å². The first kappa shape index (κ1) is 13.1. The van der Waals surface area contributed by atoms with Crippen molar-refractivity contribution in [3.05, 3.63) is 42.5 Å². The number of hydrogen-bond donors (Lipinski definition) is 2. The number of aliphatic carboxylic acids is 1. The summed E-state index contributed by atoms with van der Waals surface area (Å²) < 4.78 is 0. The van der Waals surface area contributed by atoms with Crippen LogP contribution in [0.1, 0.15) is 12.8 Å². The van der Waals surface area contributed by atoms with Crippen LogP contribution in [0.5, 0.6) is 0 Å². The predicted molar refractivity (Wildman–Crippen MR) is 72.1 cm³/mol. The molecule has 1 aromatic rings. The zero-order valence-electron chi connectivity index (χ0n) is 10.5. The summed E-state index contributed by atoms with van der Waals surface area (Å²) in [6.07, 6.45) is 5.60. The summed E-state index contributed by atoms with van der Waals surface area (Å²) in [5, 5.41) is 11.8. The van der Waals surface area contributed by atoms with Gasteiger partial charge in [0.25, 0.3) is 0 Å². The first-order valence-corrected chi connectivity index (χ1v) is 6.16. The third-order valence-corrected chi connectivity index (χ3v) is 2.94. The Morgan fingerprint density at radius 2 is 1.84 bits per heavy atom. The molecular formula is C14H16N2O3. The van der Waals surface area contributed by atoms with E-state index in [2.05, 4.69) is 5.32 Å². The molecule has 0 atom stereocenters. The molecule has 0 aromatic heterocycles. The molecule has 0 bridgehead atoms. The maximum absolute atomic E-state index is 12.2. The second-order valence-corrected chi connectivity index (χ2v) is 4.40. The number of nitrogens with one attached hydrogen (secondary N) is 1. The quantitative estimate of drug-likeness (QED) is 0.813. The highest BCUT2D eigenvalue weighted by atomic mass is 16.4. The van der Waals surface area contributed by atoms with Crippen molar-refractivity contribution in [1.82, 2.24) is 5.32 Å². The third kappa shape index (κ3) is 3.58. The Kier molecular flexibility index (Phi) is 4.18. The number of carboxylic acid groups (broad SMARTS) is 1. The molecule has 0 heterocycles. The van der Waals surface area contributed by atoms with Crippen LogP contribution in [0.2, 0.25) is 0 Å². The molecule has 0 radical (unpaired) electrons. The third-order valence-electron chi connectivity index (χ3n) is 2.94. The average Bonchev–Trinajstić information content (AvgIpc) is 2.89. The molecule has 0 fully saturated rings. The number of carbonyl (C=O) groups is 2. The zero-order chi connectivity index (χ0) is 13.7. The summed E-state index contributed by atoms with van der Waals surface area (Å²) in [5.41, 5.74) is 0.577. The molecule has 5 nitrogen and oxygen atoms in total. The van der Waals surface area contributed by atoms with Crippen LogP contribution in [0.3, 0.4) is 0 Å². The molecule has 19 heavy (non-hydrogen) atoms. The largest absolute Gasteiger partial charge is 0.480 e. The maximum Gasteiger partial charge on any atom is 0.323 e. The van der Waals surface area contributed by atoms with E-state index in [1.54, 1.807) is 24.3 Å². The normalized spacial score (nSPS) is 14.3. The Balaban J connectivity index is 2.08. The van der Waals surface area contributed by atoms with Crippen LogP contribution in [-0.4, -0.2) is 29.7 Å². The number of nitrogens with zero attached hydrogens (tertiary/aromatic N) is 1. The number of hydrogen-bond acceptors (Lipinski definition) is 2. The molecule has 0 saturated heterocycles. The molecule has 1 aliphatic carbocycles. The maximum atomic E-state index is 12.2. The van der Waals surface area contributed by atoms with E-state index in [0.29, 0.717) is 5.69 Å². The molecule has 2 rings (SSSR count). The molecule has 1 aliphatic rings. The first-order chi connectivity index (χ1) is 9.16. The summed E-state index contributed by atoms with van der Waals surface area (Å²) in [5.74, 6) is -1.04. The van der Waals surface area contributed by atoms with Crippen molar-refractivity contribution in [3.8, 4) is 0 Å². The number of carboxylic acids is 1. The van der Waals surface area contributed by atoms with Gasteiger partial charge in [-0.2, -0.15) is 0 Å². The number of anilines is 1. The Morgan fingerprint density at radius 1 is 1.21 bits per heavy atom. The standard InChI is InChI=1S/C14H16N2O3/c17-13(18)10-16(12-8-2-1-3-9-12)14(19)15-11-6-4-5-7-11/h1-5,8-9,11H,6-7,10H2,(H,15,19)(H,17,18). The smallest absolute Gasteiger partial charge is 0.323 e. The van der Waals surface area contributed by atoms with E-state index in [0.717, 1.165) is 12.8 Å². The van der Waals surface area contributed by atoms with Gasteiger partial charge in [0.1, 0.15) is 6.54 Å². The van der Waals surface area contributed by atoms with E-state index >= 15 is 0 Å². The lowest BCUT2D eigenvalue weighted by molar-refractivity contribution is -0.135. The molecule has 5 heteroatoms. The molecule has 0 spiro atoms. The first-order valence-electron chi connectivity index (χ1n) is 6.16. The number of para-hydroxylation sites is 1. The van der Waals surface area contributed by atoms with Gasteiger partial charge in [0, 0.05) is 11.7 Å². The zero-order valence-corrected chi connectivity index (χ0v) is 10.5. The van der Waals surface area contributed by atoms with Gasteiger partial charge in [-0.3, -0.25) is 9.69 Å². The number of benzene rings is 1. The lowest BCUT2D eigenvalue weighted by Gasteiger charge is -2.23. The Hall–Kier alpha value is -2.30. The van der Waals surface area contributed by atoms with Crippen molar-refractivity contribution in [2.45, 2.75) is 18.9 Å². The molecule has 0 aliphatic heterocycles. The Labute approximate surface area is 111 Å². The van der Waals surface area contributed by atoms with E-state index in [1.165, 1.54) is 4.90 Å². The Bertz CT molecular complexity index is 477. The van der Waals surface area contributed by atoms with Gasteiger partial charge in [0.2, 0.25) is 0 Å². The summed E-state index contributed by atoms with van der Waals surface area (Å²) in [6.45, 7) is -0.351. The fraction of sp³-hybridized carbons (Fsp3) is 0.286. The number of carbonyl (C=O) groups excluding carboxylic acids is 1. The lowest BCUT2D eigenvalue weighted by atomic mass is 10.2. The van der Waals surface area contributed by atoms with Crippen molar-refractivity contribution < 1.29 is 14.7 Å². The highest BCUT2D eigenvalue weighted by Crippen LogP contribution is 2.15. The van der Waals surface area contributed by atoms with Gasteiger partial charge in [-0.25, -0.2) is 4.79 Å². The second kappa shape index (κ2) is 6.04. The van der Waals surface area contributed by atoms with Gasteiger partial charge in [0.15, 0.2) is 0 Å². The minimum absolute atomic E-state index is 0.0625. The second-order valence-electron chi connectivity index (χ2n) is 4.40. The van der Waals surface area contributed by atoms with E-state index in [9.17, 15) is 9.59 Å². The van der Waals surface area contributed by atoms with Crippen LogP contribution in [0.25, 0.3) is 0 Å². The van der Waals surface area contributed by atoms with Crippen LogP contribution in [-0.2, 0) is 4.79 Å². The van der Waals surface area contributed by atoms with Crippen LogP contribution in [0.4, 0.5) is 10.5 Å². The van der Waals surface area contributed by atoms with Gasteiger partial charge < -0.3 is 10.4 Å². The average molecular weight is 260 g/mol. The predicted octanol–water partition coefficient (Wildman–Crippen LogP) is 2.01. The molecule has 1 aromatic carbocycles. The number of urea groups is 1. The van der Waals surface area contributed by atoms with Gasteiger partial charge in [-0.1, -0.05) is 30.4 Å². The highest BCUT2D eigenvalue weighted by molar-refractivity contribution is 5.96. The van der Waals surface area contributed by atoms with Gasteiger partial charge in [0.05, 0.1) is 0 Å². The summed E-state index contributed by atoms with van der Waals surface area (Å²) >= 11 is 0. The fourth-order valence-corrected chi connectivity index (χ4v) is 2.01. The van der Waals surface area contributed by atoms with E-state index in [-0.39, 0.29) is 18.6 Å². The monoisotopic (exact) mass is 260 g/mol. The van der Waals surface area contributed by atoms with Gasteiger partial charge in [-0.15, -0.1) is 0 Å². The number of amides is 2. The van der Waals surface area contributed by atoms with Crippen molar-refractivity contribution >= 4 is 17.7 Å². The van der Waals surface area contributed by atoms with Gasteiger partial charge >= 0.3 is 12.0 Å². The van der Waals surface area contributed by atoms with E-state index in [1.807, 2.05) is 18.2 Å². The fourth-order valence-electron chi connectivity index (χ4n) is 2.01. The van der Waals surface area contributed by atoms with Crippen LogP contribution in [0, 0.1) is 0 Å². The molecule has 2 amide bonds. The molecular weight excluding hydrogens is 244 g/mol. The minimum atomic E-state index is -1.04. The van der Waals surface area contributed by atoms with Crippen molar-refractivity contribution in [3.63, 3.8) is 0 Å². The van der Waals surface area contributed by atoms with Crippen molar-refractivity contribution in [2.75, 3.05) is 11.4 Å². The summed E-state index contributed by atoms with van der Waals surface area (Å²) in [6, 6.07) is 8.49. The SMILES string of the molecule is O=C(O)CN(C(=O)NC1CC=CC1)c1ccccc1. The summed E-state index contributed by atoms with van der Waals surface area (Å²) in [7, 11) is 0. The molecule has 2 N–H and O–H groups in total. The minimum Gasteiger partial charge on any atom is -0.480 e. The Morgan fingerprint density at radius 3 is 2.42 bits per heavy atom. The van der Waals surface area contributed by atoms with E-state index < -0.39 is 5.97 Å². The molecule has 0 unspecified atom stereocenters. The van der Waals surface area contributed by atoms with E-state index in [4.69, 9.17) is 5.11 Å². The van der Waals surface area contributed by atoms with Crippen LogP contribution >= 0.6 is 0 Å². The van der Waals surface area contributed by atoms with Crippen molar-refractivity contribution in [1.29, 1.82) is 0 Å². The van der Waals surface area contributed by atoms with Crippen LogP contribution < -0.4 is 10.2 Å². The number of rotatable bonds is 4. The van der Waals surface area contributed by atoms with Crippen molar-refractivity contribution in [2.24, 2.45) is 0 Å². The summed E-state index contributed by atoms with van der Waals surface area (Å²) in [4.78, 5) is 24.3.